The first-order valence-electron chi connectivity index (χ1n) is 10.3. The highest BCUT2D eigenvalue weighted by Gasteiger charge is 2.47. The Labute approximate surface area is 193 Å². The van der Waals surface area contributed by atoms with Crippen molar-refractivity contribution in [1.29, 1.82) is 0 Å². The molecule has 0 aliphatic carbocycles. The molecule has 6 nitrogen and oxygen atoms in total. The number of fused-ring (bicyclic) bond motifs is 1. The lowest BCUT2D eigenvalue weighted by Gasteiger charge is -2.33. The van der Waals surface area contributed by atoms with Crippen LogP contribution in [-0.4, -0.2) is 27.0 Å². The highest BCUT2D eigenvalue weighted by atomic mass is 35.5. The third-order valence-corrected chi connectivity index (χ3v) is 6.00. The molecule has 1 aliphatic rings. The van der Waals surface area contributed by atoms with Gasteiger partial charge in [-0.1, -0.05) is 53.6 Å². The van der Waals surface area contributed by atoms with Gasteiger partial charge in [-0.15, -0.1) is 0 Å². The van der Waals surface area contributed by atoms with E-state index in [1.54, 1.807) is 43.3 Å². The summed E-state index contributed by atoms with van der Waals surface area (Å²) in [6, 6.07) is 11.0. The molecular weight excluding hydrogens is 457 g/mol. The van der Waals surface area contributed by atoms with Gasteiger partial charge in [0.1, 0.15) is 10.8 Å². The number of halogens is 4. The maximum atomic E-state index is 13.9. The summed E-state index contributed by atoms with van der Waals surface area (Å²) in [5, 5.41) is 19.0. The largest absolute Gasteiger partial charge is 0.410 e. The molecule has 174 valence electrons. The quantitative estimate of drug-likeness (QED) is 0.442. The van der Waals surface area contributed by atoms with E-state index in [0.717, 1.165) is 10.2 Å². The molecule has 4 rings (SSSR count). The molecule has 3 atom stereocenters. The summed E-state index contributed by atoms with van der Waals surface area (Å²) in [6.45, 7) is 3.50. The van der Waals surface area contributed by atoms with Gasteiger partial charge in [0, 0.05) is 12.1 Å². The lowest BCUT2D eigenvalue weighted by Crippen LogP contribution is -2.35. The second-order valence-electron chi connectivity index (χ2n) is 8.11. The van der Waals surface area contributed by atoms with E-state index >= 15 is 0 Å². The maximum Gasteiger partial charge on any atom is 0.410 e. The van der Waals surface area contributed by atoms with E-state index in [1.807, 2.05) is 19.1 Å². The van der Waals surface area contributed by atoms with Crippen LogP contribution in [0, 0.1) is 6.92 Å². The normalized spacial score (nSPS) is 18.9. The van der Waals surface area contributed by atoms with E-state index in [1.165, 1.54) is 0 Å². The van der Waals surface area contributed by atoms with E-state index in [9.17, 15) is 23.1 Å². The molecule has 0 radical (unpaired) electrons. The molecule has 10 heteroatoms. The number of nitrogens with one attached hydrogen (secondary N) is 2. The fourth-order valence-electron chi connectivity index (χ4n) is 3.79. The monoisotopic (exact) mass is 478 g/mol. The van der Waals surface area contributed by atoms with Crippen molar-refractivity contribution in [3.8, 4) is 0 Å². The van der Waals surface area contributed by atoms with Crippen molar-refractivity contribution in [2.45, 2.75) is 44.6 Å². The predicted molar refractivity (Wildman–Crippen MR) is 120 cm³/mol. The van der Waals surface area contributed by atoms with Crippen LogP contribution in [0.3, 0.4) is 0 Å². The van der Waals surface area contributed by atoms with Gasteiger partial charge < -0.3 is 15.7 Å². The first-order chi connectivity index (χ1) is 15.5. The number of aryl methyl sites for hydroxylation is 1. The van der Waals surface area contributed by atoms with Gasteiger partial charge in [0.05, 0.1) is 12.1 Å². The second-order valence-corrected chi connectivity index (χ2v) is 8.49. The minimum atomic E-state index is -4.58. The van der Waals surface area contributed by atoms with Gasteiger partial charge in [0.2, 0.25) is 0 Å². The minimum absolute atomic E-state index is 0.0505. The van der Waals surface area contributed by atoms with Crippen molar-refractivity contribution < 1.29 is 23.1 Å². The van der Waals surface area contributed by atoms with Gasteiger partial charge in [0.25, 0.3) is 5.91 Å². The van der Waals surface area contributed by atoms with Crippen LogP contribution in [0.25, 0.3) is 0 Å². The smallest absolute Gasteiger partial charge is 0.389 e. The molecule has 2 heterocycles. The van der Waals surface area contributed by atoms with Crippen LogP contribution < -0.4 is 10.6 Å². The van der Waals surface area contributed by atoms with Crippen molar-refractivity contribution >= 4 is 29.0 Å². The van der Waals surface area contributed by atoms with Gasteiger partial charge in [-0.2, -0.15) is 18.3 Å². The fourth-order valence-corrected chi connectivity index (χ4v) is 4.05. The summed E-state index contributed by atoms with van der Waals surface area (Å²) in [5.74, 6) is -0.785. The molecule has 0 spiro atoms. The van der Waals surface area contributed by atoms with Gasteiger partial charge in [-0.3, -0.25) is 4.79 Å². The van der Waals surface area contributed by atoms with Crippen LogP contribution in [-0.2, 0) is 0 Å². The number of aliphatic hydroxyl groups is 1. The molecule has 0 saturated carbocycles. The van der Waals surface area contributed by atoms with Crippen molar-refractivity contribution in [3.63, 3.8) is 0 Å². The van der Waals surface area contributed by atoms with Gasteiger partial charge in [-0.05, 0) is 37.1 Å². The molecule has 0 bridgehead atoms. The Morgan fingerprint density at radius 1 is 1.21 bits per heavy atom. The number of aliphatic hydroxyl groups excluding tert-OH is 1. The van der Waals surface area contributed by atoms with Crippen LogP contribution >= 0.6 is 11.6 Å². The highest BCUT2D eigenvalue weighted by Crippen LogP contribution is 2.46. The molecule has 0 saturated heterocycles. The number of amides is 1. The summed E-state index contributed by atoms with van der Waals surface area (Å²) in [4.78, 5) is 12.8. The minimum Gasteiger partial charge on any atom is -0.389 e. The number of alkyl halides is 3. The molecule has 2 aromatic carbocycles. The van der Waals surface area contributed by atoms with E-state index in [2.05, 4.69) is 15.7 Å². The fraction of sp³-hybridized carbons (Fsp3) is 0.304. The zero-order chi connectivity index (χ0) is 23.9. The summed E-state index contributed by atoms with van der Waals surface area (Å²) >= 11 is 6.36. The summed E-state index contributed by atoms with van der Waals surface area (Å²) < 4.78 is 42.5. The Hall–Kier alpha value is -3.04. The Morgan fingerprint density at radius 2 is 1.85 bits per heavy atom. The Morgan fingerprint density at radius 3 is 2.42 bits per heavy atom. The van der Waals surface area contributed by atoms with E-state index in [4.69, 9.17) is 11.6 Å². The number of hydrogen-bond acceptors (Lipinski definition) is 4. The van der Waals surface area contributed by atoms with E-state index < -0.39 is 30.3 Å². The van der Waals surface area contributed by atoms with E-state index in [-0.39, 0.29) is 23.0 Å². The Balaban J connectivity index is 1.65. The highest BCUT2D eigenvalue weighted by molar-refractivity contribution is 6.36. The molecule has 0 unspecified atom stereocenters. The number of carbonyl (C=O) groups is 1. The van der Waals surface area contributed by atoms with Gasteiger partial charge in [0.15, 0.2) is 11.7 Å². The van der Waals surface area contributed by atoms with Crippen LogP contribution in [0.2, 0.25) is 5.02 Å². The van der Waals surface area contributed by atoms with Crippen LogP contribution in [0.15, 0.2) is 48.5 Å². The van der Waals surface area contributed by atoms with Crippen molar-refractivity contribution in [2.24, 2.45) is 0 Å². The topological polar surface area (TPSA) is 79.2 Å². The number of aromatic nitrogens is 2. The second kappa shape index (κ2) is 8.72. The first-order valence-corrected chi connectivity index (χ1v) is 10.7. The molecule has 1 amide bonds. The number of anilines is 2. The molecule has 3 aromatic rings. The third-order valence-electron chi connectivity index (χ3n) is 5.64. The Bertz CT molecular complexity index is 1160. The molecule has 3 N–H and O–H groups in total. The molecule has 1 aromatic heterocycles. The summed E-state index contributed by atoms with van der Waals surface area (Å²) in [6.07, 6.45) is -5.55. The Kier molecular flexibility index (Phi) is 6.11. The average Bonchev–Trinajstić information content (AvgIpc) is 3.10. The third kappa shape index (κ3) is 4.69. The zero-order valence-electron chi connectivity index (χ0n) is 17.8. The average molecular weight is 479 g/mol. The summed E-state index contributed by atoms with van der Waals surface area (Å²) in [7, 11) is 0. The molecule has 0 fully saturated rings. The number of rotatable bonds is 4. The van der Waals surface area contributed by atoms with Crippen molar-refractivity contribution in [2.75, 3.05) is 10.6 Å². The predicted octanol–water partition coefficient (Wildman–Crippen LogP) is 5.81. The van der Waals surface area contributed by atoms with Crippen molar-refractivity contribution in [3.05, 3.63) is 75.9 Å². The van der Waals surface area contributed by atoms with Gasteiger partial charge in [-0.25, -0.2) is 4.68 Å². The SMILES string of the molecule is Cc1ccc([C@H]2C[C@H](C(F)(F)F)n3nc(C(=O)Nc4ccc([C@@H](C)O)cc4)c(Cl)c3N2)cc1. The maximum absolute atomic E-state index is 13.9. The number of carbonyl (C=O) groups excluding carboxylic acids is 1. The number of benzene rings is 2. The molecule has 33 heavy (non-hydrogen) atoms. The summed E-state index contributed by atoms with van der Waals surface area (Å²) in [5.41, 5.74) is 2.41. The first kappa shape index (κ1) is 23.1. The lowest BCUT2D eigenvalue weighted by molar-refractivity contribution is -0.173. The van der Waals surface area contributed by atoms with E-state index in [0.29, 0.717) is 16.8 Å². The van der Waals surface area contributed by atoms with Crippen LogP contribution in [0.5, 0.6) is 0 Å². The van der Waals surface area contributed by atoms with Crippen LogP contribution in [0.1, 0.15) is 58.7 Å². The number of nitrogens with zero attached hydrogens (tertiary/aromatic N) is 2. The zero-order valence-corrected chi connectivity index (χ0v) is 18.6. The number of hydrogen-bond donors (Lipinski definition) is 3. The van der Waals surface area contributed by atoms with Gasteiger partial charge >= 0.3 is 6.18 Å². The van der Waals surface area contributed by atoms with Crippen molar-refractivity contribution in [1.82, 2.24) is 9.78 Å². The standard InChI is InChI=1S/C23H22ClF3N4O2/c1-12-3-5-15(6-4-12)17-11-18(23(25,26)27)31-21(29-17)19(24)20(30-31)22(33)28-16-9-7-14(8-10-16)13(2)32/h3-10,13,17-18,29,32H,11H2,1-2H3,(H,28,33)/t13-,17-,18-/m1/s1. The van der Waals surface area contributed by atoms with Crippen LogP contribution in [0.4, 0.5) is 24.7 Å². The molecule has 1 aliphatic heterocycles. The lowest BCUT2D eigenvalue weighted by atomic mass is 9.96. The molecular formula is C23H22ClF3N4O2.